The van der Waals surface area contributed by atoms with E-state index in [0.29, 0.717) is 12.0 Å². The quantitative estimate of drug-likeness (QED) is 0.857. The van der Waals surface area contributed by atoms with E-state index >= 15 is 0 Å². The zero-order valence-electron chi connectivity index (χ0n) is 16.5. The summed E-state index contributed by atoms with van der Waals surface area (Å²) in [6.07, 6.45) is 5.58. The van der Waals surface area contributed by atoms with Crippen molar-refractivity contribution in [2.24, 2.45) is 17.1 Å². The number of nitrogens with two attached hydrogens (primary N) is 1. The van der Waals surface area contributed by atoms with Crippen molar-refractivity contribution in [3.63, 3.8) is 0 Å². The van der Waals surface area contributed by atoms with Crippen molar-refractivity contribution in [1.82, 2.24) is 9.80 Å². The van der Waals surface area contributed by atoms with Crippen molar-refractivity contribution >= 4 is 0 Å². The van der Waals surface area contributed by atoms with Crippen LogP contribution in [0, 0.1) is 23.0 Å². The minimum atomic E-state index is -0.566. The van der Waals surface area contributed by atoms with Crippen molar-refractivity contribution < 1.29 is 13.5 Å². The lowest BCUT2D eigenvalue weighted by atomic mass is 9.86. The minimum absolute atomic E-state index is 0.246. The highest BCUT2D eigenvalue weighted by Gasteiger charge is 2.46. The van der Waals surface area contributed by atoms with Crippen LogP contribution in [0.15, 0.2) is 18.2 Å². The van der Waals surface area contributed by atoms with E-state index in [4.69, 9.17) is 10.5 Å². The summed E-state index contributed by atoms with van der Waals surface area (Å²) in [6, 6.07) is 3.47. The highest BCUT2D eigenvalue weighted by atomic mass is 19.1. The number of hydrogen-bond acceptors (Lipinski definition) is 4. The molecule has 4 nitrogen and oxygen atoms in total. The molecule has 1 aromatic carbocycles. The molecular formula is C22H31F2N3O. The molecular weight excluding hydrogens is 360 g/mol. The average molecular weight is 392 g/mol. The Bertz CT molecular complexity index is 728. The zero-order valence-corrected chi connectivity index (χ0v) is 16.5. The molecule has 5 rings (SSSR count). The third-order valence-corrected chi connectivity index (χ3v) is 7.38. The first-order valence-electron chi connectivity index (χ1n) is 10.8. The molecule has 0 amide bonds. The van der Waals surface area contributed by atoms with E-state index in [-0.39, 0.29) is 17.6 Å². The van der Waals surface area contributed by atoms with Gasteiger partial charge in [0.1, 0.15) is 17.7 Å². The van der Waals surface area contributed by atoms with Crippen molar-refractivity contribution in [2.75, 3.05) is 39.3 Å². The Labute approximate surface area is 166 Å². The minimum Gasteiger partial charge on any atom is -0.370 e. The summed E-state index contributed by atoms with van der Waals surface area (Å²) in [6.45, 7) is 6.52. The van der Waals surface area contributed by atoms with Gasteiger partial charge in [-0.05, 0) is 74.7 Å². The van der Waals surface area contributed by atoms with Gasteiger partial charge in [0.05, 0.1) is 6.61 Å². The van der Waals surface area contributed by atoms with Crippen LogP contribution in [-0.4, -0.2) is 61.2 Å². The summed E-state index contributed by atoms with van der Waals surface area (Å²) >= 11 is 0. The second-order valence-electron chi connectivity index (χ2n) is 9.62. The van der Waals surface area contributed by atoms with Crippen molar-refractivity contribution in [3.05, 3.63) is 35.4 Å². The van der Waals surface area contributed by atoms with Crippen molar-refractivity contribution in [2.45, 2.75) is 50.3 Å². The average Bonchev–Trinajstić information content (AvgIpc) is 3.26. The van der Waals surface area contributed by atoms with Gasteiger partial charge in [-0.15, -0.1) is 0 Å². The molecule has 4 fully saturated rings. The van der Waals surface area contributed by atoms with E-state index in [2.05, 4.69) is 9.80 Å². The Kier molecular flexibility index (Phi) is 4.94. The normalized spacial score (nSPS) is 37.2. The summed E-state index contributed by atoms with van der Waals surface area (Å²) < 4.78 is 33.7. The molecule has 28 heavy (non-hydrogen) atoms. The number of benzene rings is 1. The van der Waals surface area contributed by atoms with E-state index in [0.717, 1.165) is 37.6 Å². The van der Waals surface area contributed by atoms with E-state index in [1.165, 1.54) is 51.4 Å². The highest BCUT2D eigenvalue weighted by Crippen LogP contribution is 2.43. The Morgan fingerprint density at radius 1 is 1.14 bits per heavy atom. The largest absolute Gasteiger partial charge is 0.370 e. The van der Waals surface area contributed by atoms with E-state index in [9.17, 15) is 8.78 Å². The number of hydrogen-bond donors (Lipinski definition) is 1. The summed E-state index contributed by atoms with van der Waals surface area (Å²) in [5, 5.41) is 0. The number of likely N-dealkylation sites (tertiary alicyclic amines) is 2. The maximum atomic E-state index is 14.1. The smallest absolute Gasteiger partial charge is 0.129 e. The molecule has 3 heterocycles. The van der Waals surface area contributed by atoms with Gasteiger partial charge in [0.2, 0.25) is 0 Å². The molecule has 6 heteroatoms. The molecule has 1 unspecified atom stereocenters. The monoisotopic (exact) mass is 391 g/mol. The van der Waals surface area contributed by atoms with Crippen LogP contribution in [0.5, 0.6) is 0 Å². The zero-order chi connectivity index (χ0) is 19.3. The van der Waals surface area contributed by atoms with Gasteiger partial charge in [-0.1, -0.05) is 0 Å². The Hall–Kier alpha value is -1.08. The lowest BCUT2D eigenvalue weighted by Crippen LogP contribution is -2.49. The Balaban J connectivity index is 1.19. The van der Waals surface area contributed by atoms with Gasteiger partial charge in [0, 0.05) is 37.3 Å². The lowest BCUT2D eigenvalue weighted by Gasteiger charge is -2.39. The van der Waals surface area contributed by atoms with Crippen LogP contribution in [0.1, 0.15) is 43.8 Å². The Morgan fingerprint density at radius 3 is 2.75 bits per heavy atom. The van der Waals surface area contributed by atoms with Crippen molar-refractivity contribution in [3.8, 4) is 0 Å². The molecule has 3 saturated heterocycles. The van der Waals surface area contributed by atoms with Crippen molar-refractivity contribution in [1.29, 1.82) is 0 Å². The van der Waals surface area contributed by atoms with Crippen LogP contribution in [0.3, 0.4) is 0 Å². The van der Waals surface area contributed by atoms with Gasteiger partial charge in [-0.3, -0.25) is 4.90 Å². The molecule has 0 bridgehead atoms. The molecule has 2 N–H and O–H groups in total. The standard InChI is InChI=1S/C22H31F2N3O/c23-16-3-4-19(24)18(9-16)21-20(25)10-17(12-28-21)27-8-6-22(14-27)5-7-26(13-22)11-15-1-2-15/h3-4,9,15,17,20-21H,1-2,5-8,10-14,25H2/t17-,20+,21-,22?/m1/s1. The first-order valence-corrected chi connectivity index (χ1v) is 10.8. The number of halogens is 2. The van der Waals surface area contributed by atoms with Gasteiger partial charge in [0.25, 0.3) is 0 Å². The maximum Gasteiger partial charge on any atom is 0.129 e. The van der Waals surface area contributed by atoms with E-state index in [1.807, 2.05) is 0 Å². The molecule has 1 aromatic rings. The molecule has 0 radical (unpaired) electrons. The first kappa shape index (κ1) is 18.9. The second kappa shape index (κ2) is 7.31. The van der Waals surface area contributed by atoms with Crippen LogP contribution in [0.2, 0.25) is 0 Å². The predicted molar refractivity (Wildman–Crippen MR) is 104 cm³/mol. The van der Waals surface area contributed by atoms with Gasteiger partial charge in [0.15, 0.2) is 0 Å². The molecule has 0 aromatic heterocycles. The summed E-state index contributed by atoms with van der Waals surface area (Å²) in [5.74, 6) is 0.0625. The van der Waals surface area contributed by atoms with Crippen LogP contribution in [-0.2, 0) is 4.74 Å². The summed E-state index contributed by atoms with van der Waals surface area (Å²) in [4.78, 5) is 5.21. The van der Waals surface area contributed by atoms with Gasteiger partial charge < -0.3 is 15.4 Å². The topological polar surface area (TPSA) is 41.7 Å². The van der Waals surface area contributed by atoms with Gasteiger partial charge in [-0.25, -0.2) is 8.78 Å². The van der Waals surface area contributed by atoms with Crippen LogP contribution in [0.4, 0.5) is 8.78 Å². The second-order valence-corrected chi connectivity index (χ2v) is 9.62. The number of nitrogens with zero attached hydrogens (tertiary/aromatic N) is 2. The summed E-state index contributed by atoms with van der Waals surface area (Å²) in [5.41, 5.74) is 7.05. The Morgan fingerprint density at radius 2 is 1.96 bits per heavy atom. The molecule has 1 spiro atoms. The maximum absolute atomic E-state index is 14.1. The van der Waals surface area contributed by atoms with Crippen LogP contribution in [0.25, 0.3) is 0 Å². The molecule has 154 valence electrons. The molecule has 4 atom stereocenters. The fraction of sp³-hybridized carbons (Fsp3) is 0.727. The first-order chi connectivity index (χ1) is 13.5. The fourth-order valence-electron chi connectivity index (χ4n) is 5.62. The van der Waals surface area contributed by atoms with Gasteiger partial charge in [-0.2, -0.15) is 0 Å². The third-order valence-electron chi connectivity index (χ3n) is 7.38. The number of ether oxygens (including phenoxy) is 1. The fourth-order valence-corrected chi connectivity index (χ4v) is 5.62. The molecule has 1 saturated carbocycles. The molecule has 4 aliphatic rings. The predicted octanol–water partition coefficient (Wildman–Crippen LogP) is 2.93. The molecule has 3 aliphatic heterocycles. The SMILES string of the molecule is N[C@H]1C[C@@H](N2CCC3(CCN(CC4CC4)C3)C2)CO[C@@H]1c1cc(F)ccc1F. The van der Waals surface area contributed by atoms with Gasteiger partial charge >= 0.3 is 0 Å². The van der Waals surface area contributed by atoms with Crippen LogP contribution >= 0.6 is 0 Å². The van der Waals surface area contributed by atoms with Crippen LogP contribution < -0.4 is 5.73 Å². The third kappa shape index (κ3) is 3.72. The molecule has 1 aliphatic carbocycles. The lowest BCUT2D eigenvalue weighted by molar-refractivity contribution is -0.0488. The van der Waals surface area contributed by atoms with E-state index < -0.39 is 17.7 Å². The van der Waals surface area contributed by atoms with E-state index in [1.54, 1.807) is 0 Å². The highest BCUT2D eigenvalue weighted by molar-refractivity contribution is 5.23. The number of rotatable bonds is 4. The summed E-state index contributed by atoms with van der Waals surface area (Å²) in [7, 11) is 0.